The number of ether oxygens (including phenoxy) is 1. The van der Waals surface area contributed by atoms with Crippen molar-refractivity contribution in [2.75, 3.05) is 11.1 Å². The van der Waals surface area contributed by atoms with Gasteiger partial charge in [0, 0.05) is 0 Å². The minimum Gasteiger partial charge on any atom is -0.470 e. The molecule has 3 N–H and O–H groups in total. The molecule has 21 heavy (non-hydrogen) atoms. The van der Waals surface area contributed by atoms with E-state index in [0.717, 1.165) is 6.07 Å². The van der Waals surface area contributed by atoms with Gasteiger partial charge < -0.3 is 15.8 Å². The molecular weight excluding hydrogens is 276 g/mol. The van der Waals surface area contributed by atoms with Crippen LogP contribution in [0.1, 0.15) is 20.8 Å². The molecule has 0 aliphatic carbocycles. The fourth-order valence-corrected chi connectivity index (χ4v) is 1.63. The van der Waals surface area contributed by atoms with E-state index in [1.54, 1.807) is 12.1 Å². The van der Waals surface area contributed by atoms with Gasteiger partial charge in [-0.1, -0.05) is 6.07 Å². The first-order valence-electron chi connectivity index (χ1n) is 6.43. The van der Waals surface area contributed by atoms with Crippen LogP contribution < -0.4 is 15.8 Å². The van der Waals surface area contributed by atoms with Crippen LogP contribution in [0, 0.1) is 11.6 Å². The van der Waals surface area contributed by atoms with E-state index >= 15 is 0 Å². The summed E-state index contributed by atoms with van der Waals surface area (Å²) in [5.74, 6) is -1.34. The van der Waals surface area contributed by atoms with E-state index in [1.165, 1.54) is 12.1 Å². The smallest absolute Gasteiger partial charge is 0.239 e. The molecule has 2 aromatic rings. The number of rotatable bonds is 3. The molecule has 6 heteroatoms. The van der Waals surface area contributed by atoms with Crippen LogP contribution in [-0.4, -0.2) is 10.6 Å². The molecule has 0 saturated carbocycles. The number of nitrogens with zero attached hydrogens (tertiary/aromatic N) is 1. The van der Waals surface area contributed by atoms with Crippen molar-refractivity contribution in [3.05, 3.63) is 42.0 Å². The van der Waals surface area contributed by atoms with E-state index in [-0.39, 0.29) is 11.6 Å². The average molecular weight is 293 g/mol. The van der Waals surface area contributed by atoms with Crippen LogP contribution in [0.2, 0.25) is 0 Å². The Kier molecular flexibility index (Phi) is 3.97. The number of hydrogen-bond donors (Lipinski definition) is 2. The van der Waals surface area contributed by atoms with Gasteiger partial charge in [0.1, 0.15) is 11.4 Å². The Morgan fingerprint density at radius 1 is 1.14 bits per heavy atom. The van der Waals surface area contributed by atoms with Crippen molar-refractivity contribution < 1.29 is 13.5 Å². The Hall–Kier alpha value is -2.37. The third-order valence-corrected chi connectivity index (χ3v) is 2.51. The summed E-state index contributed by atoms with van der Waals surface area (Å²) in [5, 5.41) is 2.70. The molecule has 0 fully saturated rings. The lowest BCUT2D eigenvalue weighted by Gasteiger charge is -2.21. The van der Waals surface area contributed by atoms with Crippen LogP contribution in [-0.2, 0) is 0 Å². The molecule has 0 radical (unpaired) electrons. The average Bonchev–Trinajstić information content (AvgIpc) is 2.37. The fourth-order valence-electron chi connectivity index (χ4n) is 1.63. The number of hydrogen-bond acceptors (Lipinski definition) is 4. The lowest BCUT2D eigenvalue weighted by atomic mass is 10.2. The summed E-state index contributed by atoms with van der Waals surface area (Å²) >= 11 is 0. The molecule has 112 valence electrons. The number of aromatic nitrogens is 1. The predicted molar refractivity (Wildman–Crippen MR) is 78.7 cm³/mol. The summed E-state index contributed by atoms with van der Waals surface area (Å²) < 4.78 is 32.4. The van der Waals surface area contributed by atoms with E-state index in [2.05, 4.69) is 10.3 Å². The van der Waals surface area contributed by atoms with Crippen molar-refractivity contribution >= 4 is 17.2 Å². The number of nitrogens with one attached hydrogen (secondary N) is 1. The van der Waals surface area contributed by atoms with E-state index in [1.807, 2.05) is 20.8 Å². The van der Waals surface area contributed by atoms with Crippen LogP contribution in [0.4, 0.5) is 26.0 Å². The molecule has 0 bridgehead atoms. The molecule has 0 spiro atoms. The third-order valence-electron chi connectivity index (χ3n) is 2.51. The topological polar surface area (TPSA) is 60.2 Å². The molecule has 0 saturated heterocycles. The van der Waals surface area contributed by atoms with Crippen molar-refractivity contribution in [3.8, 4) is 5.88 Å². The number of benzene rings is 1. The Balaban J connectivity index is 2.29. The summed E-state index contributed by atoms with van der Waals surface area (Å²) in [6.45, 7) is 5.58. The molecule has 1 heterocycles. The maximum absolute atomic E-state index is 13.6. The zero-order valence-electron chi connectivity index (χ0n) is 12.1. The van der Waals surface area contributed by atoms with Crippen molar-refractivity contribution in [2.45, 2.75) is 26.4 Å². The third kappa shape index (κ3) is 3.81. The first-order chi connectivity index (χ1) is 9.76. The van der Waals surface area contributed by atoms with Gasteiger partial charge in [-0.2, -0.15) is 4.98 Å². The number of halogens is 2. The van der Waals surface area contributed by atoms with Gasteiger partial charge in [0.05, 0.1) is 11.4 Å². The maximum Gasteiger partial charge on any atom is 0.239 e. The highest BCUT2D eigenvalue weighted by molar-refractivity contribution is 5.61. The molecule has 0 atom stereocenters. The lowest BCUT2D eigenvalue weighted by Crippen LogP contribution is -2.24. The number of pyridine rings is 1. The fraction of sp³-hybridized carbons (Fsp3) is 0.267. The first kappa shape index (κ1) is 15.0. The highest BCUT2D eigenvalue weighted by Gasteiger charge is 2.16. The van der Waals surface area contributed by atoms with Gasteiger partial charge >= 0.3 is 0 Å². The minimum atomic E-state index is -0.964. The predicted octanol–water partition coefficient (Wildman–Crippen LogP) is 3.86. The molecule has 1 aromatic carbocycles. The van der Waals surface area contributed by atoms with Gasteiger partial charge in [-0.25, -0.2) is 8.78 Å². The van der Waals surface area contributed by atoms with Gasteiger partial charge in [0.15, 0.2) is 11.6 Å². The van der Waals surface area contributed by atoms with E-state index in [4.69, 9.17) is 10.5 Å². The summed E-state index contributed by atoms with van der Waals surface area (Å²) in [4.78, 5) is 4.18. The van der Waals surface area contributed by atoms with Crippen molar-refractivity contribution in [3.63, 3.8) is 0 Å². The Morgan fingerprint density at radius 2 is 1.86 bits per heavy atom. The lowest BCUT2D eigenvalue weighted by molar-refractivity contribution is 0.125. The Bertz CT molecular complexity index is 654. The van der Waals surface area contributed by atoms with Gasteiger partial charge in [0.25, 0.3) is 0 Å². The van der Waals surface area contributed by atoms with Crippen LogP contribution >= 0.6 is 0 Å². The molecule has 0 aliphatic rings. The largest absolute Gasteiger partial charge is 0.470 e. The first-order valence-corrected chi connectivity index (χ1v) is 6.43. The number of anilines is 3. The van der Waals surface area contributed by atoms with Gasteiger partial charge in [-0.15, -0.1) is 0 Å². The molecule has 0 amide bonds. The zero-order valence-corrected chi connectivity index (χ0v) is 12.1. The molecule has 1 aromatic heterocycles. The van der Waals surface area contributed by atoms with Crippen LogP contribution in [0.3, 0.4) is 0 Å². The van der Waals surface area contributed by atoms with E-state index in [9.17, 15) is 8.78 Å². The highest BCUT2D eigenvalue weighted by atomic mass is 19.2. The Morgan fingerprint density at radius 3 is 2.52 bits per heavy atom. The van der Waals surface area contributed by atoms with Crippen LogP contribution in [0.25, 0.3) is 0 Å². The molecule has 4 nitrogen and oxygen atoms in total. The van der Waals surface area contributed by atoms with Crippen molar-refractivity contribution in [1.82, 2.24) is 4.98 Å². The minimum absolute atomic E-state index is 0.00557. The SMILES string of the molecule is CC(C)(C)Oc1nc(Nc2cccc(F)c2F)ccc1N. The van der Waals surface area contributed by atoms with Gasteiger partial charge in [-0.3, -0.25) is 0 Å². The van der Waals surface area contributed by atoms with Gasteiger partial charge in [0.2, 0.25) is 5.88 Å². The monoisotopic (exact) mass is 293 g/mol. The molecule has 0 unspecified atom stereocenters. The second kappa shape index (κ2) is 5.55. The molecular formula is C15H17F2N3O. The zero-order chi connectivity index (χ0) is 15.6. The Labute approximate surface area is 122 Å². The van der Waals surface area contributed by atoms with Crippen LogP contribution in [0.15, 0.2) is 30.3 Å². The quantitative estimate of drug-likeness (QED) is 0.902. The van der Waals surface area contributed by atoms with E-state index in [0.29, 0.717) is 11.5 Å². The van der Waals surface area contributed by atoms with Crippen molar-refractivity contribution in [1.29, 1.82) is 0 Å². The van der Waals surface area contributed by atoms with Crippen molar-refractivity contribution in [2.24, 2.45) is 0 Å². The molecule has 0 aliphatic heterocycles. The number of nitrogens with two attached hydrogens (primary N) is 1. The summed E-state index contributed by atoms with van der Waals surface area (Å²) in [6.07, 6.45) is 0. The second-order valence-electron chi connectivity index (χ2n) is 5.53. The maximum atomic E-state index is 13.6. The molecule has 2 rings (SSSR count). The standard InChI is InChI=1S/C15H17F2N3O/c1-15(2,3)21-14-10(18)7-8-12(20-14)19-11-6-4-5-9(16)13(11)17/h4-8H,18H2,1-3H3,(H,19,20). The normalized spacial score (nSPS) is 11.3. The second-order valence-corrected chi connectivity index (χ2v) is 5.53. The number of nitrogen functional groups attached to an aromatic ring is 1. The summed E-state index contributed by atoms with van der Waals surface area (Å²) in [7, 11) is 0. The van der Waals surface area contributed by atoms with Gasteiger partial charge in [-0.05, 0) is 45.0 Å². The van der Waals surface area contributed by atoms with E-state index < -0.39 is 17.2 Å². The highest BCUT2D eigenvalue weighted by Crippen LogP contribution is 2.27. The summed E-state index contributed by atoms with van der Waals surface area (Å²) in [6, 6.07) is 7.03. The summed E-state index contributed by atoms with van der Waals surface area (Å²) in [5.41, 5.74) is 5.69. The van der Waals surface area contributed by atoms with Crippen LogP contribution in [0.5, 0.6) is 5.88 Å².